The molecule has 1 aromatic heterocycles. The summed E-state index contributed by atoms with van der Waals surface area (Å²) < 4.78 is 39.5. The van der Waals surface area contributed by atoms with Crippen molar-refractivity contribution in [1.82, 2.24) is 9.88 Å². The molecule has 13 heteroatoms. The van der Waals surface area contributed by atoms with Crippen LogP contribution in [0.2, 0.25) is 0 Å². The van der Waals surface area contributed by atoms with E-state index >= 15 is 0 Å². The Kier molecular flexibility index (Phi) is 7.27. The van der Waals surface area contributed by atoms with Crippen molar-refractivity contribution in [3.8, 4) is 0 Å². The summed E-state index contributed by atoms with van der Waals surface area (Å²) in [6.07, 6.45) is -0.858. The van der Waals surface area contributed by atoms with Crippen LogP contribution in [-0.2, 0) is 11.0 Å². The smallest absolute Gasteiger partial charge is 0.399 e. The van der Waals surface area contributed by atoms with E-state index in [-0.39, 0.29) is 21.3 Å². The fourth-order valence-corrected chi connectivity index (χ4v) is 5.86. The molecule has 2 aliphatic rings. The monoisotopic (exact) mass is 513 g/mol. The molecule has 190 valence electrons. The number of nitrogens with zero attached hydrogens (tertiary/aromatic N) is 5. The zero-order valence-electron chi connectivity index (χ0n) is 19.4. The van der Waals surface area contributed by atoms with Crippen molar-refractivity contribution in [2.75, 3.05) is 38.2 Å². The van der Waals surface area contributed by atoms with Crippen molar-refractivity contribution in [2.24, 2.45) is 11.1 Å². The lowest BCUT2D eigenvalue weighted by Crippen LogP contribution is -2.53. The number of piperazine rings is 1. The molecule has 0 spiro atoms. The van der Waals surface area contributed by atoms with Crippen LogP contribution < -0.4 is 10.5 Å². The number of alkyl halides is 3. The number of halogens is 3. The number of aromatic nitrogens is 1. The van der Waals surface area contributed by atoms with Crippen LogP contribution in [0.15, 0.2) is 22.1 Å². The average Bonchev–Trinajstić information content (AvgIpc) is 2.80. The Balaban J connectivity index is 1.52. The third kappa shape index (κ3) is 5.56. The second-order valence-corrected chi connectivity index (χ2v) is 9.98. The van der Waals surface area contributed by atoms with E-state index in [1.165, 1.54) is 0 Å². The number of non-ortho nitro benzene ring substituents is 1. The number of nitro benzene ring substituents is 1. The van der Waals surface area contributed by atoms with Gasteiger partial charge in [0, 0.05) is 38.3 Å². The van der Waals surface area contributed by atoms with Crippen LogP contribution in [0.4, 0.5) is 24.0 Å². The van der Waals surface area contributed by atoms with Gasteiger partial charge in [0.2, 0.25) is 0 Å². The van der Waals surface area contributed by atoms with E-state index in [1.807, 2.05) is 4.90 Å². The molecule has 1 unspecified atom stereocenters. The second-order valence-electron chi connectivity index (χ2n) is 9.00. The van der Waals surface area contributed by atoms with Gasteiger partial charge in [-0.25, -0.2) is 0 Å². The maximum absolute atomic E-state index is 13.2. The quantitative estimate of drug-likeness (QED) is 0.434. The summed E-state index contributed by atoms with van der Waals surface area (Å²) in [4.78, 5) is 36.4. The highest BCUT2D eigenvalue weighted by atomic mass is 32.1. The van der Waals surface area contributed by atoms with Crippen molar-refractivity contribution < 1.29 is 22.9 Å². The van der Waals surface area contributed by atoms with Gasteiger partial charge < -0.3 is 9.74 Å². The van der Waals surface area contributed by atoms with Gasteiger partial charge in [0.1, 0.15) is 11.8 Å². The van der Waals surface area contributed by atoms with E-state index in [0.717, 1.165) is 55.8 Å². The lowest BCUT2D eigenvalue weighted by atomic mass is 9.87. The molecule has 1 aliphatic heterocycles. The topological polar surface area (TPSA) is 101 Å². The molecule has 0 radical (unpaired) electrons. The molecule has 1 aliphatic carbocycles. The Morgan fingerprint density at radius 3 is 2.60 bits per heavy atom. The summed E-state index contributed by atoms with van der Waals surface area (Å²) >= 11 is 0.888. The minimum Gasteiger partial charge on any atom is -0.399 e. The van der Waals surface area contributed by atoms with Gasteiger partial charge in [0.05, 0.1) is 21.6 Å². The molecule has 1 aromatic carbocycles. The number of hydrogen-bond donors (Lipinski definition) is 0. The van der Waals surface area contributed by atoms with Gasteiger partial charge in [-0.2, -0.15) is 18.2 Å². The minimum absolute atomic E-state index is 0.0937. The van der Waals surface area contributed by atoms with Crippen LogP contribution >= 0.6 is 11.3 Å². The Labute approximate surface area is 203 Å². The van der Waals surface area contributed by atoms with E-state index in [0.29, 0.717) is 31.1 Å². The molecule has 0 amide bonds. The van der Waals surface area contributed by atoms with Crippen LogP contribution in [0.5, 0.6) is 0 Å². The van der Waals surface area contributed by atoms with Crippen LogP contribution in [0.1, 0.15) is 38.2 Å². The van der Waals surface area contributed by atoms with Gasteiger partial charge in [-0.3, -0.25) is 19.8 Å². The van der Waals surface area contributed by atoms with Crippen molar-refractivity contribution in [3.05, 3.63) is 38.2 Å². The van der Waals surface area contributed by atoms with E-state index in [4.69, 9.17) is 4.84 Å². The molecule has 35 heavy (non-hydrogen) atoms. The highest BCUT2D eigenvalue weighted by Crippen LogP contribution is 2.38. The SMILES string of the molecule is CON=C1CCC(CN2CCN(c3nc(=O)c4cc(C(F)(F)F)cc([N+](=O)[O-])c4s3)CC2C)CC1. The first kappa shape index (κ1) is 25.3. The largest absolute Gasteiger partial charge is 0.416 e. The molecule has 0 N–H and O–H groups in total. The van der Waals surface area contributed by atoms with Crippen molar-refractivity contribution in [1.29, 1.82) is 0 Å². The average molecular weight is 514 g/mol. The molecule has 2 heterocycles. The molecule has 1 saturated carbocycles. The summed E-state index contributed by atoms with van der Waals surface area (Å²) in [7, 11) is 1.55. The number of hydrogen-bond acceptors (Lipinski definition) is 9. The Bertz CT molecular complexity index is 1190. The third-order valence-corrected chi connectivity index (χ3v) is 7.81. The zero-order chi connectivity index (χ0) is 25.3. The first-order valence-electron chi connectivity index (χ1n) is 11.3. The minimum atomic E-state index is -4.81. The first-order chi connectivity index (χ1) is 16.6. The normalized spacial score (nSPS) is 21.9. The van der Waals surface area contributed by atoms with Gasteiger partial charge >= 0.3 is 6.18 Å². The Morgan fingerprint density at radius 2 is 2.00 bits per heavy atom. The molecular formula is C22H26F3N5O4S. The zero-order valence-corrected chi connectivity index (χ0v) is 20.2. The second kappa shape index (κ2) is 10.1. The van der Waals surface area contributed by atoms with Crippen LogP contribution in [0.3, 0.4) is 0 Å². The fourth-order valence-electron chi connectivity index (χ4n) is 4.76. The third-order valence-electron chi connectivity index (χ3n) is 6.65. The predicted molar refractivity (Wildman–Crippen MR) is 127 cm³/mol. The van der Waals surface area contributed by atoms with Crippen LogP contribution in [-0.4, -0.2) is 59.8 Å². The molecular weight excluding hydrogens is 487 g/mol. The summed E-state index contributed by atoms with van der Waals surface area (Å²) in [5, 5.41) is 15.5. The Hall–Kier alpha value is -2.80. The number of nitro groups is 1. The summed E-state index contributed by atoms with van der Waals surface area (Å²) in [6, 6.07) is 1.28. The lowest BCUT2D eigenvalue weighted by molar-refractivity contribution is -0.383. The summed E-state index contributed by atoms with van der Waals surface area (Å²) in [5.41, 5.74) is -1.77. The first-order valence-corrected chi connectivity index (χ1v) is 12.2. The summed E-state index contributed by atoms with van der Waals surface area (Å²) in [6.45, 7) is 4.88. The Morgan fingerprint density at radius 1 is 1.29 bits per heavy atom. The van der Waals surface area contributed by atoms with E-state index in [2.05, 4.69) is 22.0 Å². The van der Waals surface area contributed by atoms with Gasteiger partial charge in [-0.1, -0.05) is 16.5 Å². The van der Waals surface area contributed by atoms with Crippen molar-refractivity contribution >= 4 is 38.0 Å². The lowest BCUT2D eigenvalue weighted by Gasteiger charge is -2.42. The van der Waals surface area contributed by atoms with Crippen molar-refractivity contribution in [3.63, 3.8) is 0 Å². The van der Waals surface area contributed by atoms with E-state index < -0.39 is 27.9 Å². The fraction of sp³-hybridized carbons (Fsp3) is 0.591. The molecule has 9 nitrogen and oxygen atoms in total. The predicted octanol–water partition coefficient (Wildman–Crippen LogP) is 4.29. The molecule has 0 bridgehead atoms. The molecule has 1 saturated heterocycles. The van der Waals surface area contributed by atoms with Crippen molar-refractivity contribution in [2.45, 2.75) is 44.8 Å². The molecule has 4 rings (SSSR count). The summed E-state index contributed by atoms with van der Waals surface area (Å²) in [5.74, 6) is 0.556. The van der Waals surface area contributed by atoms with Gasteiger partial charge in [0.25, 0.3) is 11.2 Å². The highest BCUT2D eigenvalue weighted by molar-refractivity contribution is 7.22. The highest BCUT2D eigenvalue weighted by Gasteiger charge is 2.35. The van der Waals surface area contributed by atoms with E-state index in [9.17, 15) is 28.1 Å². The number of oxime groups is 1. The van der Waals surface area contributed by atoms with Crippen LogP contribution in [0, 0.1) is 16.0 Å². The maximum atomic E-state index is 13.2. The number of fused-ring (bicyclic) bond motifs is 1. The standard InChI is InChI=1S/C22H26F3N5O4S/c1-13-11-29(8-7-28(13)12-14-3-5-16(6-4-14)27-34-2)21-26-20(31)17-9-15(22(23,24)25)10-18(30(32)33)19(17)35-21/h9-10,13-14H,3-8,11-12H2,1-2H3. The molecule has 2 aromatic rings. The van der Waals surface area contributed by atoms with Gasteiger partial charge in [-0.05, 0) is 44.6 Å². The molecule has 1 atom stereocenters. The van der Waals surface area contributed by atoms with E-state index in [1.54, 1.807) is 7.11 Å². The maximum Gasteiger partial charge on any atom is 0.416 e. The van der Waals surface area contributed by atoms with Gasteiger partial charge in [-0.15, -0.1) is 0 Å². The number of anilines is 1. The van der Waals surface area contributed by atoms with Crippen LogP contribution in [0.25, 0.3) is 10.1 Å². The number of benzene rings is 1. The number of rotatable bonds is 5. The molecule has 2 fully saturated rings. The van der Waals surface area contributed by atoms with Gasteiger partial charge in [0.15, 0.2) is 5.13 Å².